The number of aromatic nitrogens is 1. The zero-order valence-corrected chi connectivity index (χ0v) is 18.0. The van der Waals surface area contributed by atoms with Gasteiger partial charge in [-0.25, -0.2) is 0 Å². The fraction of sp³-hybridized carbons (Fsp3) is 0.192. The van der Waals surface area contributed by atoms with Crippen molar-refractivity contribution in [2.75, 3.05) is 4.90 Å². The topological polar surface area (TPSA) is 70.5 Å². The second kappa shape index (κ2) is 7.84. The van der Waals surface area contributed by atoms with Crippen molar-refractivity contribution < 1.29 is 14.7 Å². The van der Waals surface area contributed by atoms with E-state index >= 15 is 0 Å². The number of ketones is 1. The highest BCUT2D eigenvalue weighted by atomic mass is 16.3. The van der Waals surface area contributed by atoms with Crippen molar-refractivity contribution in [1.29, 1.82) is 0 Å². The number of rotatable bonds is 3. The van der Waals surface area contributed by atoms with Gasteiger partial charge in [0, 0.05) is 17.4 Å². The zero-order valence-electron chi connectivity index (χ0n) is 18.0. The zero-order chi connectivity index (χ0) is 22.3. The maximum atomic E-state index is 13.2. The van der Waals surface area contributed by atoms with E-state index < -0.39 is 17.7 Å². The molecule has 0 saturated carbocycles. The van der Waals surface area contributed by atoms with Gasteiger partial charge in [-0.1, -0.05) is 29.8 Å². The lowest BCUT2D eigenvalue weighted by Gasteiger charge is -2.25. The predicted octanol–water partition coefficient (Wildman–Crippen LogP) is 4.94. The van der Waals surface area contributed by atoms with Gasteiger partial charge in [0.15, 0.2) is 0 Å². The molecule has 0 aliphatic carbocycles. The smallest absolute Gasteiger partial charge is 0.300 e. The van der Waals surface area contributed by atoms with Crippen LogP contribution in [0.1, 0.15) is 39.6 Å². The molecular formula is C26H24N2O3. The minimum absolute atomic E-state index is 0.0515. The number of amides is 1. The highest BCUT2D eigenvalue weighted by molar-refractivity contribution is 6.51. The van der Waals surface area contributed by atoms with Crippen LogP contribution in [-0.4, -0.2) is 21.8 Å². The summed E-state index contributed by atoms with van der Waals surface area (Å²) in [7, 11) is 0. The summed E-state index contributed by atoms with van der Waals surface area (Å²) in [6, 6.07) is 15.8. The second-order valence-electron chi connectivity index (χ2n) is 8.01. The maximum Gasteiger partial charge on any atom is 0.300 e. The molecule has 4 rings (SSSR count). The van der Waals surface area contributed by atoms with E-state index in [-0.39, 0.29) is 11.3 Å². The highest BCUT2D eigenvalue weighted by Crippen LogP contribution is 2.42. The molecule has 1 amide bonds. The molecule has 1 aromatic heterocycles. The lowest BCUT2D eigenvalue weighted by molar-refractivity contribution is -0.132. The van der Waals surface area contributed by atoms with E-state index in [0.29, 0.717) is 16.9 Å². The molecule has 5 nitrogen and oxygen atoms in total. The number of hydrogen-bond donors (Lipinski definition) is 1. The molecule has 0 spiro atoms. The number of Topliss-reactive ketones (excluding diaryl/α,β-unsaturated/α-hetero) is 1. The van der Waals surface area contributed by atoms with Crippen LogP contribution in [0.4, 0.5) is 5.69 Å². The lowest BCUT2D eigenvalue weighted by Crippen LogP contribution is -2.30. The van der Waals surface area contributed by atoms with Crippen LogP contribution in [0.5, 0.6) is 0 Å². The fourth-order valence-corrected chi connectivity index (χ4v) is 3.93. The molecule has 3 aromatic rings. The lowest BCUT2D eigenvalue weighted by atomic mass is 9.95. The van der Waals surface area contributed by atoms with Crippen molar-refractivity contribution in [2.24, 2.45) is 0 Å². The van der Waals surface area contributed by atoms with Crippen LogP contribution in [0, 0.1) is 27.7 Å². The summed E-state index contributed by atoms with van der Waals surface area (Å²) in [6.45, 7) is 7.73. The van der Waals surface area contributed by atoms with Crippen molar-refractivity contribution in [3.8, 4) is 0 Å². The molecule has 0 radical (unpaired) electrons. The average Bonchev–Trinajstić information content (AvgIpc) is 3.03. The van der Waals surface area contributed by atoms with Crippen LogP contribution in [-0.2, 0) is 9.59 Å². The third-order valence-corrected chi connectivity index (χ3v) is 5.83. The van der Waals surface area contributed by atoms with Gasteiger partial charge < -0.3 is 5.11 Å². The molecule has 1 atom stereocenters. The Morgan fingerprint density at radius 1 is 0.903 bits per heavy atom. The maximum absolute atomic E-state index is 13.2. The van der Waals surface area contributed by atoms with E-state index in [1.807, 2.05) is 64.1 Å². The van der Waals surface area contributed by atoms with Crippen molar-refractivity contribution >= 4 is 23.1 Å². The summed E-state index contributed by atoms with van der Waals surface area (Å²) < 4.78 is 0. The Bertz CT molecular complexity index is 1230. The van der Waals surface area contributed by atoms with E-state index in [4.69, 9.17) is 0 Å². The van der Waals surface area contributed by atoms with Gasteiger partial charge in [0.1, 0.15) is 11.8 Å². The van der Waals surface area contributed by atoms with Crippen LogP contribution in [0.25, 0.3) is 5.76 Å². The summed E-state index contributed by atoms with van der Waals surface area (Å²) in [4.78, 5) is 32.2. The van der Waals surface area contributed by atoms with Gasteiger partial charge >= 0.3 is 0 Å². The first-order valence-corrected chi connectivity index (χ1v) is 10.2. The Kier molecular flexibility index (Phi) is 5.19. The summed E-state index contributed by atoms with van der Waals surface area (Å²) in [5.41, 5.74) is 5.58. The van der Waals surface area contributed by atoms with Crippen LogP contribution in [0.3, 0.4) is 0 Å². The summed E-state index contributed by atoms with van der Waals surface area (Å²) in [5, 5.41) is 11.3. The standard InChI is InChI=1S/C26H24N2O3/c1-15-8-9-17(3)20(13-15)24(29)22-23(21-7-5-6-12-27-21)28(26(31)25(22)30)19-11-10-16(2)18(4)14-19/h5-14,23,29H,1-4H3/b24-22+. The molecule has 5 heteroatoms. The highest BCUT2D eigenvalue weighted by Gasteiger charge is 2.47. The number of pyridine rings is 1. The minimum Gasteiger partial charge on any atom is -0.507 e. The number of carbonyl (C=O) groups excluding carboxylic acids is 2. The normalized spacial score (nSPS) is 17.9. The Hall–Kier alpha value is -3.73. The third-order valence-electron chi connectivity index (χ3n) is 5.83. The first kappa shape index (κ1) is 20.5. The molecular weight excluding hydrogens is 388 g/mol. The molecule has 1 aliphatic rings. The quantitative estimate of drug-likeness (QED) is 0.376. The minimum atomic E-state index is -0.816. The van der Waals surface area contributed by atoms with Crippen LogP contribution >= 0.6 is 0 Å². The SMILES string of the molecule is Cc1ccc(C)c(/C(O)=C2\C(=O)C(=O)N(c3ccc(C)c(C)c3)C2c2ccccn2)c1. The van der Waals surface area contributed by atoms with Gasteiger partial charge in [-0.05, 0) is 74.7 Å². The molecule has 31 heavy (non-hydrogen) atoms. The summed E-state index contributed by atoms with van der Waals surface area (Å²) >= 11 is 0. The fourth-order valence-electron chi connectivity index (χ4n) is 3.93. The molecule has 1 fully saturated rings. The molecule has 1 aliphatic heterocycles. The van der Waals surface area contributed by atoms with E-state index in [0.717, 1.165) is 22.3 Å². The number of hydrogen-bond acceptors (Lipinski definition) is 4. The predicted molar refractivity (Wildman–Crippen MR) is 121 cm³/mol. The molecule has 1 unspecified atom stereocenters. The van der Waals surface area contributed by atoms with Crippen LogP contribution < -0.4 is 4.90 Å². The van der Waals surface area contributed by atoms with Gasteiger partial charge in [-0.2, -0.15) is 0 Å². The van der Waals surface area contributed by atoms with Crippen LogP contribution in [0.2, 0.25) is 0 Å². The number of nitrogens with zero attached hydrogens (tertiary/aromatic N) is 2. The monoisotopic (exact) mass is 412 g/mol. The van der Waals surface area contributed by atoms with Crippen molar-refractivity contribution in [1.82, 2.24) is 4.98 Å². The largest absolute Gasteiger partial charge is 0.507 e. The van der Waals surface area contributed by atoms with Gasteiger partial charge in [-0.15, -0.1) is 0 Å². The number of aliphatic hydroxyl groups excluding tert-OH is 1. The Labute approximate surface area is 181 Å². The first-order chi connectivity index (χ1) is 14.8. The molecule has 0 bridgehead atoms. The number of carbonyl (C=O) groups is 2. The molecule has 2 heterocycles. The summed E-state index contributed by atoms with van der Waals surface area (Å²) in [6.07, 6.45) is 1.62. The van der Waals surface area contributed by atoms with Crippen molar-refractivity contribution in [3.05, 3.63) is 99.9 Å². The van der Waals surface area contributed by atoms with E-state index in [9.17, 15) is 14.7 Å². The Morgan fingerprint density at radius 2 is 1.65 bits per heavy atom. The number of aliphatic hydroxyl groups is 1. The number of aryl methyl sites for hydroxylation is 4. The molecule has 156 valence electrons. The van der Waals surface area contributed by atoms with Gasteiger partial charge in [0.25, 0.3) is 11.7 Å². The van der Waals surface area contributed by atoms with Crippen LogP contribution in [0.15, 0.2) is 66.4 Å². The van der Waals surface area contributed by atoms with Gasteiger partial charge in [0.05, 0.1) is 11.3 Å². The van der Waals surface area contributed by atoms with Gasteiger partial charge in [0.2, 0.25) is 0 Å². The van der Waals surface area contributed by atoms with E-state index in [1.165, 1.54) is 4.90 Å². The van der Waals surface area contributed by atoms with E-state index in [1.54, 1.807) is 24.4 Å². The average molecular weight is 412 g/mol. The number of benzene rings is 2. The van der Waals surface area contributed by atoms with E-state index in [2.05, 4.69) is 4.98 Å². The molecule has 1 N–H and O–H groups in total. The molecule has 2 aromatic carbocycles. The Morgan fingerprint density at radius 3 is 2.32 bits per heavy atom. The van der Waals surface area contributed by atoms with Gasteiger partial charge in [-0.3, -0.25) is 19.5 Å². The summed E-state index contributed by atoms with van der Waals surface area (Å²) in [5.74, 6) is -1.57. The third kappa shape index (κ3) is 3.52. The van der Waals surface area contributed by atoms with Crippen molar-refractivity contribution in [3.63, 3.8) is 0 Å². The second-order valence-corrected chi connectivity index (χ2v) is 8.01. The first-order valence-electron chi connectivity index (χ1n) is 10.2. The Balaban J connectivity index is 1.98. The van der Waals surface area contributed by atoms with Crippen molar-refractivity contribution in [2.45, 2.75) is 33.7 Å². The number of anilines is 1. The molecule has 1 saturated heterocycles.